The highest BCUT2D eigenvalue weighted by Crippen LogP contribution is 2.19. The van der Waals surface area contributed by atoms with Crippen LogP contribution in [0.15, 0.2) is 41.1 Å². The lowest BCUT2D eigenvalue weighted by molar-refractivity contribution is 1.06. The number of benzene rings is 1. The summed E-state index contributed by atoms with van der Waals surface area (Å²) >= 11 is 3.29. The minimum Gasteiger partial charge on any atom is -0.241 e. The van der Waals surface area contributed by atoms with E-state index < -0.39 is 12.7 Å². The van der Waals surface area contributed by atoms with E-state index in [0.29, 0.717) is 5.56 Å². The molecule has 0 aliphatic rings. The van der Waals surface area contributed by atoms with E-state index in [2.05, 4.69) is 25.9 Å². The minimum absolute atomic E-state index is 0.223. The molecule has 0 atom stereocenters. The zero-order valence-corrected chi connectivity index (χ0v) is 8.67. The predicted octanol–water partition coefficient (Wildman–Crippen LogP) is 3.21. The van der Waals surface area contributed by atoms with Crippen LogP contribution in [0.3, 0.4) is 0 Å². The molecule has 0 aliphatic carbocycles. The van der Waals surface area contributed by atoms with Crippen molar-refractivity contribution in [3.63, 3.8) is 0 Å². The van der Waals surface area contributed by atoms with E-state index in [4.69, 9.17) is 6.85 Å². The molecule has 2 nitrogen and oxygen atoms in total. The third-order valence-corrected chi connectivity index (χ3v) is 2.21. The lowest BCUT2D eigenvalue weighted by atomic mass is 10.1. The largest absolute Gasteiger partial charge is 0.241 e. The van der Waals surface area contributed by atoms with Gasteiger partial charge in [-0.1, -0.05) is 28.1 Å². The molecule has 0 amide bonds. The van der Waals surface area contributed by atoms with Gasteiger partial charge in [0.25, 0.3) is 0 Å². The van der Waals surface area contributed by atoms with Gasteiger partial charge in [-0.3, -0.25) is 0 Å². The van der Waals surface area contributed by atoms with Gasteiger partial charge in [0.1, 0.15) is 5.82 Å². The van der Waals surface area contributed by atoms with E-state index in [-0.39, 0.29) is 17.9 Å². The lowest BCUT2D eigenvalue weighted by Gasteiger charge is -2.00. The van der Waals surface area contributed by atoms with Gasteiger partial charge in [-0.05, 0) is 24.5 Å². The number of hydrogen-bond acceptors (Lipinski definition) is 2. The summed E-state index contributed by atoms with van der Waals surface area (Å²) in [7, 11) is 0. The van der Waals surface area contributed by atoms with E-state index in [1.54, 1.807) is 24.3 Å². The molecule has 1 aromatic heterocycles. The summed E-state index contributed by atoms with van der Waals surface area (Å²) in [6, 6.07) is 6.97. The SMILES string of the molecule is [2H]c1nc(C([2H])([2H])[2H])nc([2H])c1-c1ccc(Br)cc1. The second kappa shape index (κ2) is 3.88. The molecule has 0 fully saturated rings. The number of halogens is 1. The summed E-state index contributed by atoms with van der Waals surface area (Å²) in [6.45, 7) is -2.51. The first-order chi connectivity index (χ1) is 8.79. The zero-order chi connectivity index (χ0) is 14.2. The van der Waals surface area contributed by atoms with Crippen LogP contribution in [0.4, 0.5) is 0 Å². The van der Waals surface area contributed by atoms with Crippen LogP contribution in [-0.4, -0.2) is 9.97 Å². The Labute approximate surface area is 98.2 Å². The normalized spacial score (nSPS) is 16.2. The van der Waals surface area contributed by atoms with Crippen LogP contribution in [0.25, 0.3) is 11.1 Å². The fraction of sp³-hybridized carbons (Fsp3) is 0.0909. The van der Waals surface area contributed by atoms with Crippen LogP contribution in [0.2, 0.25) is 0 Å². The Bertz CT molecular complexity index is 586. The van der Waals surface area contributed by atoms with Gasteiger partial charge in [-0.15, -0.1) is 0 Å². The van der Waals surface area contributed by atoms with E-state index >= 15 is 0 Å². The van der Waals surface area contributed by atoms with Crippen molar-refractivity contribution >= 4 is 15.9 Å². The van der Waals surface area contributed by atoms with E-state index in [1.165, 1.54) is 0 Å². The number of aryl methyl sites for hydroxylation is 1. The van der Waals surface area contributed by atoms with Crippen LogP contribution in [-0.2, 0) is 0 Å². The first-order valence-corrected chi connectivity index (χ1v) is 4.70. The molecular weight excluding hydrogens is 240 g/mol. The molecule has 3 heteroatoms. The Morgan fingerprint density at radius 1 is 1.14 bits per heavy atom. The second-order valence-electron chi connectivity index (χ2n) is 2.65. The van der Waals surface area contributed by atoms with Gasteiger partial charge in [0.2, 0.25) is 0 Å². The summed E-state index contributed by atoms with van der Waals surface area (Å²) in [4.78, 5) is 7.33. The van der Waals surface area contributed by atoms with Crippen LogP contribution < -0.4 is 0 Å². The van der Waals surface area contributed by atoms with Gasteiger partial charge < -0.3 is 0 Å². The average molecular weight is 254 g/mol. The summed E-state index contributed by atoms with van der Waals surface area (Å²) in [5, 5.41) is 0. The predicted molar refractivity (Wildman–Crippen MR) is 59.9 cm³/mol. The van der Waals surface area contributed by atoms with Crippen molar-refractivity contribution in [2.24, 2.45) is 0 Å². The molecule has 0 N–H and O–H groups in total. The quantitative estimate of drug-likeness (QED) is 0.780. The van der Waals surface area contributed by atoms with Gasteiger partial charge in [-0.2, -0.15) is 0 Å². The summed E-state index contributed by atoms with van der Waals surface area (Å²) in [5.74, 6) is -0.469. The third-order valence-electron chi connectivity index (χ3n) is 1.68. The first-order valence-electron chi connectivity index (χ1n) is 6.40. The Kier molecular flexibility index (Phi) is 1.39. The van der Waals surface area contributed by atoms with Crippen molar-refractivity contribution in [1.29, 1.82) is 0 Å². The van der Waals surface area contributed by atoms with Crippen molar-refractivity contribution in [2.75, 3.05) is 0 Å². The van der Waals surface area contributed by atoms with Gasteiger partial charge in [0.15, 0.2) is 0 Å². The van der Waals surface area contributed by atoms with E-state index in [1.807, 2.05) is 0 Å². The van der Waals surface area contributed by atoms with Crippen molar-refractivity contribution in [2.45, 2.75) is 6.85 Å². The topological polar surface area (TPSA) is 25.8 Å². The molecule has 14 heavy (non-hydrogen) atoms. The molecule has 0 bridgehead atoms. The molecule has 0 unspecified atom stereocenters. The number of rotatable bonds is 1. The zero-order valence-electron chi connectivity index (χ0n) is 12.1. The van der Waals surface area contributed by atoms with Crippen molar-refractivity contribution in [3.8, 4) is 11.1 Å². The maximum atomic E-state index is 7.79. The highest BCUT2D eigenvalue weighted by atomic mass is 79.9. The smallest absolute Gasteiger partial charge is 0.125 e. The molecule has 0 saturated carbocycles. The molecule has 2 aromatic rings. The van der Waals surface area contributed by atoms with Crippen molar-refractivity contribution < 1.29 is 6.85 Å². The highest BCUT2D eigenvalue weighted by Gasteiger charge is 1.97. The third kappa shape index (κ3) is 1.99. The van der Waals surface area contributed by atoms with Crippen LogP contribution >= 0.6 is 15.9 Å². The van der Waals surface area contributed by atoms with Crippen molar-refractivity contribution in [3.05, 3.63) is 46.9 Å². The molecule has 0 saturated heterocycles. The molecule has 1 aromatic carbocycles. The standard InChI is InChI=1S/C11H9BrN2/c1-8-13-6-10(7-14-8)9-2-4-11(12)5-3-9/h2-7H,1H3/i1D3,6D,7D. The van der Waals surface area contributed by atoms with Crippen LogP contribution in [0.1, 0.15) is 12.7 Å². The number of aromatic nitrogens is 2. The Balaban J connectivity index is 2.57. The van der Waals surface area contributed by atoms with E-state index in [9.17, 15) is 0 Å². The van der Waals surface area contributed by atoms with Crippen LogP contribution in [0, 0.1) is 6.85 Å². The fourth-order valence-corrected chi connectivity index (χ4v) is 1.28. The Morgan fingerprint density at radius 2 is 1.79 bits per heavy atom. The molecule has 0 aliphatic heterocycles. The second-order valence-corrected chi connectivity index (χ2v) is 3.57. The number of nitrogens with zero attached hydrogens (tertiary/aromatic N) is 2. The van der Waals surface area contributed by atoms with Gasteiger partial charge in [0.05, 0.1) is 2.74 Å². The number of hydrogen-bond donors (Lipinski definition) is 0. The molecule has 0 radical (unpaired) electrons. The van der Waals surface area contributed by atoms with Gasteiger partial charge in [-0.25, -0.2) is 9.97 Å². The first kappa shape index (κ1) is 5.03. The molecule has 0 spiro atoms. The Morgan fingerprint density at radius 3 is 2.36 bits per heavy atom. The van der Waals surface area contributed by atoms with E-state index in [0.717, 1.165) is 4.47 Å². The average Bonchev–Trinajstić information content (AvgIpc) is 2.29. The fourth-order valence-electron chi connectivity index (χ4n) is 1.01. The molecule has 70 valence electrons. The lowest BCUT2D eigenvalue weighted by Crippen LogP contribution is -1.87. The van der Waals surface area contributed by atoms with Crippen LogP contribution in [0.5, 0.6) is 0 Å². The maximum Gasteiger partial charge on any atom is 0.125 e. The molecule has 2 rings (SSSR count). The summed E-state index contributed by atoms with van der Waals surface area (Å²) in [5.41, 5.74) is 0.829. The molecule has 1 heterocycles. The summed E-state index contributed by atoms with van der Waals surface area (Å²) < 4.78 is 38.1. The maximum absolute atomic E-state index is 7.79. The van der Waals surface area contributed by atoms with Crippen molar-refractivity contribution in [1.82, 2.24) is 9.97 Å². The molecular formula is C11H9BrN2. The Hall–Kier alpha value is -1.22. The highest BCUT2D eigenvalue weighted by molar-refractivity contribution is 9.10. The summed E-state index contributed by atoms with van der Waals surface area (Å²) in [6.07, 6.45) is -0.512. The van der Waals surface area contributed by atoms with Gasteiger partial charge in [0, 0.05) is 26.5 Å². The van der Waals surface area contributed by atoms with Gasteiger partial charge >= 0.3 is 0 Å². The minimum atomic E-state index is -2.51. The monoisotopic (exact) mass is 253 g/mol.